The van der Waals surface area contributed by atoms with Crippen molar-refractivity contribution in [2.75, 3.05) is 6.26 Å². The lowest BCUT2D eigenvalue weighted by Gasteiger charge is -2.17. The van der Waals surface area contributed by atoms with Crippen LogP contribution in [0, 0.1) is 19.7 Å². The number of rotatable bonds is 6. The lowest BCUT2D eigenvalue weighted by Crippen LogP contribution is -2.05. The van der Waals surface area contributed by atoms with E-state index in [-0.39, 0.29) is 16.3 Å². The summed E-state index contributed by atoms with van der Waals surface area (Å²) in [5.74, 6) is -0.606. The van der Waals surface area contributed by atoms with Gasteiger partial charge in [0.25, 0.3) is 0 Å². The second kappa shape index (κ2) is 10.9. The summed E-state index contributed by atoms with van der Waals surface area (Å²) < 4.78 is 71.0. The monoisotopic (exact) mass is 602 g/mol. The Labute approximate surface area is 240 Å². The Kier molecular flexibility index (Phi) is 7.62. The third-order valence-electron chi connectivity index (χ3n) is 6.56. The largest absolute Gasteiger partial charge is 0.434 e. The SMILES string of the molecule is Cc1cc(-c2cc(-c3cc(F)c(CO)c(S(C)=O)c3)ccc2-n2cc(C(F)(F)F)nc2C)n(-c2ccc(Cl)cc2)n1. The molecule has 1 unspecified atom stereocenters. The molecular formula is C29H23ClF4N4O2S. The maximum Gasteiger partial charge on any atom is 0.434 e. The van der Waals surface area contributed by atoms with Gasteiger partial charge in [0.15, 0.2) is 5.69 Å². The van der Waals surface area contributed by atoms with E-state index >= 15 is 0 Å². The molecule has 3 aromatic carbocycles. The first-order valence-corrected chi connectivity index (χ1v) is 14.2. The van der Waals surface area contributed by atoms with Crippen LogP contribution in [-0.4, -0.2) is 34.9 Å². The van der Waals surface area contributed by atoms with Crippen molar-refractivity contribution in [3.8, 4) is 33.8 Å². The molecule has 0 bridgehead atoms. The number of halogens is 5. The van der Waals surface area contributed by atoms with E-state index in [9.17, 15) is 26.9 Å². The summed E-state index contributed by atoms with van der Waals surface area (Å²) in [6.07, 6.45) is -2.33. The number of imidazole rings is 1. The van der Waals surface area contributed by atoms with Gasteiger partial charge in [0.1, 0.15) is 11.6 Å². The van der Waals surface area contributed by atoms with Crippen LogP contribution in [0.4, 0.5) is 17.6 Å². The predicted octanol–water partition coefficient (Wildman–Crippen LogP) is 7.05. The van der Waals surface area contributed by atoms with Gasteiger partial charge in [-0.2, -0.15) is 18.3 Å². The summed E-state index contributed by atoms with van der Waals surface area (Å²) in [6, 6.07) is 16.4. The van der Waals surface area contributed by atoms with Crippen LogP contribution >= 0.6 is 11.6 Å². The summed E-state index contributed by atoms with van der Waals surface area (Å²) in [5.41, 5.74) is 2.52. The number of hydrogen-bond donors (Lipinski definition) is 1. The van der Waals surface area contributed by atoms with Crippen molar-refractivity contribution in [2.24, 2.45) is 0 Å². The predicted molar refractivity (Wildman–Crippen MR) is 149 cm³/mol. The molecule has 2 heterocycles. The quantitative estimate of drug-likeness (QED) is 0.211. The van der Waals surface area contributed by atoms with Crippen LogP contribution in [0.15, 0.2) is 71.8 Å². The number of nitrogens with zero attached hydrogens (tertiary/aromatic N) is 4. The number of hydrogen-bond acceptors (Lipinski definition) is 4. The van der Waals surface area contributed by atoms with Crippen LogP contribution in [-0.2, 0) is 23.6 Å². The number of aromatic nitrogens is 4. The first-order chi connectivity index (χ1) is 19.4. The average molecular weight is 603 g/mol. The van der Waals surface area contributed by atoms with Gasteiger partial charge in [-0.15, -0.1) is 0 Å². The molecule has 212 valence electrons. The molecular weight excluding hydrogens is 580 g/mol. The molecule has 0 spiro atoms. The number of benzene rings is 3. The summed E-state index contributed by atoms with van der Waals surface area (Å²) in [5, 5.41) is 14.8. The van der Waals surface area contributed by atoms with Crippen molar-refractivity contribution in [1.82, 2.24) is 19.3 Å². The zero-order chi connectivity index (χ0) is 29.6. The lowest BCUT2D eigenvalue weighted by molar-refractivity contribution is -0.141. The third-order valence-corrected chi connectivity index (χ3v) is 7.80. The van der Waals surface area contributed by atoms with Crippen LogP contribution in [0.2, 0.25) is 5.02 Å². The van der Waals surface area contributed by atoms with E-state index in [0.29, 0.717) is 44.5 Å². The second-order valence-corrected chi connectivity index (χ2v) is 11.2. The Morgan fingerprint density at radius 1 is 1.00 bits per heavy atom. The Hall–Kier alpha value is -3.80. The van der Waals surface area contributed by atoms with E-state index in [0.717, 1.165) is 6.20 Å². The number of aliphatic hydroxyl groups excluding tert-OH is 1. The highest BCUT2D eigenvalue weighted by atomic mass is 35.5. The van der Waals surface area contributed by atoms with Gasteiger partial charge in [0.05, 0.1) is 40.2 Å². The molecule has 5 rings (SSSR count). The molecule has 6 nitrogen and oxygen atoms in total. The van der Waals surface area contributed by atoms with Crippen molar-refractivity contribution in [2.45, 2.75) is 31.5 Å². The highest BCUT2D eigenvalue weighted by Crippen LogP contribution is 2.37. The smallest absolute Gasteiger partial charge is 0.392 e. The van der Waals surface area contributed by atoms with Crippen molar-refractivity contribution in [3.63, 3.8) is 0 Å². The van der Waals surface area contributed by atoms with Gasteiger partial charge in [0, 0.05) is 33.5 Å². The highest BCUT2D eigenvalue weighted by molar-refractivity contribution is 7.84. The van der Waals surface area contributed by atoms with E-state index in [4.69, 9.17) is 11.6 Å². The second-order valence-electron chi connectivity index (χ2n) is 9.38. The minimum Gasteiger partial charge on any atom is -0.392 e. The molecule has 2 aromatic heterocycles. The fourth-order valence-corrected chi connectivity index (χ4v) is 5.57. The molecule has 0 saturated heterocycles. The van der Waals surface area contributed by atoms with E-state index in [2.05, 4.69) is 10.1 Å². The lowest BCUT2D eigenvalue weighted by atomic mass is 9.98. The van der Waals surface area contributed by atoms with Gasteiger partial charge in [-0.05, 0) is 79.6 Å². The Balaban J connectivity index is 1.79. The molecule has 0 aliphatic carbocycles. The van der Waals surface area contributed by atoms with Gasteiger partial charge in [-0.25, -0.2) is 14.1 Å². The van der Waals surface area contributed by atoms with Crippen LogP contribution < -0.4 is 0 Å². The van der Waals surface area contributed by atoms with Gasteiger partial charge in [-0.3, -0.25) is 4.21 Å². The first kappa shape index (κ1) is 28.7. The van der Waals surface area contributed by atoms with E-state index in [1.807, 2.05) is 0 Å². The van der Waals surface area contributed by atoms with Crippen LogP contribution in [0.5, 0.6) is 0 Å². The molecule has 0 aliphatic rings. The minimum atomic E-state index is -4.64. The van der Waals surface area contributed by atoms with Crippen molar-refractivity contribution in [1.29, 1.82) is 0 Å². The highest BCUT2D eigenvalue weighted by Gasteiger charge is 2.34. The molecule has 5 aromatic rings. The number of alkyl halides is 3. The van der Waals surface area contributed by atoms with Crippen LogP contribution in [0.25, 0.3) is 33.8 Å². The van der Waals surface area contributed by atoms with Gasteiger partial charge >= 0.3 is 6.18 Å². The maximum absolute atomic E-state index is 15.0. The van der Waals surface area contributed by atoms with Crippen molar-refractivity contribution in [3.05, 3.63) is 100 Å². The first-order valence-electron chi connectivity index (χ1n) is 12.2. The van der Waals surface area contributed by atoms with Gasteiger partial charge in [-0.1, -0.05) is 17.7 Å². The zero-order valence-corrected chi connectivity index (χ0v) is 23.6. The molecule has 0 radical (unpaired) electrons. The summed E-state index contributed by atoms with van der Waals surface area (Å²) >= 11 is 6.08. The number of aliphatic hydroxyl groups is 1. The Morgan fingerprint density at radius 3 is 2.32 bits per heavy atom. The van der Waals surface area contributed by atoms with Crippen LogP contribution in [0.3, 0.4) is 0 Å². The molecule has 1 N–H and O–H groups in total. The maximum atomic E-state index is 15.0. The van der Waals surface area contributed by atoms with Gasteiger partial charge < -0.3 is 9.67 Å². The standard InChI is InChI=1S/C29H23ClF4N4O2S/c1-16-10-26(38(36-16)21-7-5-20(30)6-8-21)22-11-18(19-12-24(31)23(15-39)27(13-19)41(3)40)4-9-25(22)37-14-28(29(32,33)34)35-17(37)2/h4-14,39H,15H2,1-3H3. The molecule has 41 heavy (non-hydrogen) atoms. The molecule has 0 saturated carbocycles. The topological polar surface area (TPSA) is 72.9 Å². The Morgan fingerprint density at radius 2 is 1.71 bits per heavy atom. The number of aryl methyl sites for hydroxylation is 2. The summed E-state index contributed by atoms with van der Waals surface area (Å²) in [6.45, 7) is 2.64. The van der Waals surface area contributed by atoms with E-state index in [1.54, 1.807) is 60.1 Å². The normalized spacial score (nSPS) is 12.6. The summed E-state index contributed by atoms with van der Waals surface area (Å²) in [7, 11) is -1.59. The molecule has 0 fully saturated rings. The molecule has 1 atom stereocenters. The average Bonchev–Trinajstić information content (AvgIpc) is 3.50. The summed E-state index contributed by atoms with van der Waals surface area (Å²) in [4.78, 5) is 3.87. The van der Waals surface area contributed by atoms with Crippen LogP contribution in [0.1, 0.15) is 22.8 Å². The Bertz CT molecular complexity index is 1800. The minimum absolute atomic E-state index is 0.0587. The fourth-order valence-electron chi connectivity index (χ4n) is 4.64. The fraction of sp³-hybridized carbons (Fsp3) is 0.172. The molecule has 0 aliphatic heterocycles. The van der Waals surface area contributed by atoms with E-state index in [1.165, 1.54) is 29.9 Å². The van der Waals surface area contributed by atoms with Gasteiger partial charge in [0.2, 0.25) is 0 Å². The van der Waals surface area contributed by atoms with Crippen molar-refractivity contribution >= 4 is 22.4 Å². The molecule has 0 amide bonds. The zero-order valence-electron chi connectivity index (χ0n) is 22.0. The molecule has 12 heteroatoms. The third kappa shape index (κ3) is 5.57. The van der Waals surface area contributed by atoms with E-state index < -0.39 is 35.1 Å². The van der Waals surface area contributed by atoms with Crippen molar-refractivity contribution < 1.29 is 26.9 Å².